The lowest BCUT2D eigenvalue weighted by Crippen LogP contribution is -2.05. The van der Waals surface area contributed by atoms with Gasteiger partial charge in [-0.3, -0.25) is 4.21 Å². The highest BCUT2D eigenvalue weighted by atomic mass is 35.5. The Kier molecular flexibility index (Phi) is 8.49. The van der Waals surface area contributed by atoms with E-state index in [9.17, 15) is 9.00 Å². The molecule has 2 heterocycles. The van der Waals surface area contributed by atoms with Gasteiger partial charge in [-0.05, 0) is 60.0 Å². The van der Waals surface area contributed by atoms with E-state index >= 15 is 0 Å². The Balaban J connectivity index is 1.32. The molecule has 0 spiro atoms. The molecule has 0 saturated carbocycles. The topological polar surface area (TPSA) is 103 Å². The van der Waals surface area contributed by atoms with E-state index in [4.69, 9.17) is 37.6 Å². The van der Waals surface area contributed by atoms with Gasteiger partial charge in [-0.2, -0.15) is 0 Å². The summed E-state index contributed by atoms with van der Waals surface area (Å²) in [5.41, 5.74) is 3.89. The maximum atomic E-state index is 13.1. The molecule has 7 nitrogen and oxygen atoms in total. The largest absolute Gasteiger partial charge is 0.489 e. The molecule has 0 saturated heterocycles. The summed E-state index contributed by atoms with van der Waals surface area (Å²) in [6, 6.07) is 21.6. The standard InChI is InChI=1S/C30H24Cl2N2O5S/c1-2-4-28-22(27(34-39-28)17-40(37)29-23(31)5-3-6-24(29)32)16-38-21-11-7-18(8-12-21)19-9-13-25-20(15-19)10-14-26(33-25)30(35)36/h3,5-15H,2,4,16-17H2,1H3,(H,35,36). The van der Waals surface area contributed by atoms with Gasteiger partial charge in [-0.1, -0.05) is 65.6 Å². The predicted molar refractivity (Wildman–Crippen MR) is 156 cm³/mol. The van der Waals surface area contributed by atoms with Crippen molar-refractivity contribution in [1.29, 1.82) is 0 Å². The van der Waals surface area contributed by atoms with Crippen molar-refractivity contribution in [2.75, 3.05) is 0 Å². The number of rotatable bonds is 10. The fourth-order valence-corrected chi connectivity index (χ4v) is 6.41. The van der Waals surface area contributed by atoms with E-state index in [1.807, 2.05) is 49.4 Å². The summed E-state index contributed by atoms with van der Waals surface area (Å²) >= 11 is 12.5. The van der Waals surface area contributed by atoms with Crippen LogP contribution < -0.4 is 4.74 Å². The van der Waals surface area contributed by atoms with Gasteiger partial charge in [0.25, 0.3) is 0 Å². The normalized spacial score (nSPS) is 12.0. The molecule has 2 aromatic heterocycles. The second-order valence-corrected chi connectivity index (χ2v) is 11.2. The Hall–Kier alpha value is -3.72. The first-order chi connectivity index (χ1) is 19.3. The summed E-state index contributed by atoms with van der Waals surface area (Å²) in [4.78, 5) is 15.7. The molecule has 204 valence electrons. The number of nitrogens with zero attached hydrogens (tertiary/aromatic N) is 2. The highest BCUT2D eigenvalue weighted by molar-refractivity contribution is 7.84. The van der Waals surface area contributed by atoms with E-state index in [-0.39, 0.29) is 18.1 Å². The zero-order chi connectivity index (χ0) is 28.2. The van der Waals surface area contributed by atoms with Gasteiger partial charge in [0.05, 0.1) is 42.6 Å². The van der Waals surface area contributed by atoms with Crippen molar-refractivity contribution in [2.24, 2.45) is 0 Å². The first-order valence-corrected chi connectivity index (χ1v) is 14.6. The number of fused-ring (bicyclic) bond motifs is 1. The summed E-state index contributed by atoms with van der Waals surface area (Å²) in [6.45, 7) is 2.25. The van der Waals surface area contributed by atoms with Crippen LogP contribution in [0.1, 0.15) is 40.9 Å². The number of pyridine rings is 1. The third-order valence-corrected chi connectivity index (χ3v) is 8.61. The minimum Gasteiger partial charge on any atom is -0.489 e. The monoisotopic (exact) mass is 594 g/mol. The molecule has 40 heavy (non-hydrogen) atoms. The average molecular weight is 596 g/mol. The summed E-state index contributed by atoms with van der Waals surface area (Å²) in [5.74, 6) is 0.397. The lowest BCUT2D eigenvalue weighted by atomic mass is 10.0. The highest BCUT2D eigenvalue weighted by Crippen LogP contribution is 2.31. The fourth-order valence-electron chi connectivity index (χ4n) is 4.30. The molecule has 1 N–H and O–H groups in total. The quantitative estimate of drug-likeness (QED) is 0.176. The van der Waals surface area contributed by atoms with Crippen LogP contribution in [0.5, 0.6) is 5.75 Å². The molecule has 0 aliphatic heterocycles. The van der Waals surface area contributed by atoms with Crippen LogP contribution in [0.4, 0.5) is 0 Å². The van der Waals surface area contributed by atoms with E-state index in [1.165, 1.54) is 6.07 Å². The molecule has 0 fully saturated rings. The van der Waals surface area contributed by atoms with E-state index in [1.54, 1.807) is 24.3 Å². The lowest BCUT2D eigenvalue weighted by molar-refractivity contribution is 0.0691. The average Bonchev–Trinajstić information content (AvgIpc) is 3.32. The Morgan fingerprint density at radius 3 is 2.42 bits per heavy atom. The molecule has 0 radical (unpaired) electrons. The van der Waals surface area contributed by atoms with Crippen LogP contribution in [-0.2, 0) is 29.6 Å². The Morgan fingerprint density at radius 2 is 1.73 bits per heavy atom. The SMILES string of the molecule is CCCc1onc(CS(=O)c2c(Cl)cccc2Cl)c1COc1ccc(-c2ccc3nc(C(=O)O)ccc3c2)cc1. The number of hydrogen-bond acceptors (Lipinski definition) is 6. The molecule has 0 amide bonds. The molecule has 5 rings (SSSR count). The highest BCUT2D eigenvalue weighted by Gasteiger charge is 2.21. The van der Waals surface area contributed by atoms with E-state index in [0.717, 1.165) is 28.5 Å². The number of ether oxygens (including phenoxy) is 1. The molecular formula is C30H24Cl2N2O5S. The minimum absolute atomic E-state index is 0.0127. The fraction of sp³-hybridized carbons (Fsp3) is 0.167. The summed E-state index contributed by atoms with van der Waals surface area (Å²) < 4.78 is 24.8. The molecule has 1 atom stereocenters. The van der Waals surface area contributed by atoms with E-state index in [0.29, 0.717) is 44.1 Å². The molecule has 5 aromatic rings. The summed E-state index contributed by atoms with van der Waals surface area (Å²) in [5, 5.41) is 14.9. The van der Waals surface area contributed by atoms with Gasteiger partial charge < -0.3 is 14.4 Å². The van der Waals surface area contributed by atoms with Crippen LogP contribution in [0.15, 0.2) is 82.2 Å². The van der Waals surface area contributed by atoms with Gasteiger partial charge in [0.1, 0.15) is 29.5 Å². The minimum atomic E-state index is -1.52. The molecule has 3 aromatic carbocycles. The number of halogens is 2. The summed E-state index contributed by atoms with van der Waals surface area (Å²) in [6.07, 6.45) is 1.53. The number of carboxylic acid groups (broad SMARTS) is 1. The number of aromatic nitrogens is 2. The number of aromatic carboxylic acids is 1. The van der Waals surface area contributed by atoms with E-state index in [2.05, 4.69) is 10.1 Å². The number of benzene rings is 3. The lowest BCUT2D eigenvalue weighted by Gasteiger charge is -2.10. The van der Waals surface area contributed by atoms with E-state index < -0.39 is 16.8 Å². The summed E-state index contributed by atoms with van der Waals surface area (Å²) in [7, 11) is -1.52. The maximum absolute atomic E-state index is 13.1. The molecular weight excluding hydrogens is 571 g/mol. The predicted octanol–water partition coefficient (Wildman–Crippen LogP) is 7.73. The Bertz CT molecular complexity index is 1700. The molecule has 0 aliphatic rings. The smallest absolute Gasteiger partial charge is 0.354 e. The second kappa shape index (κ2) is 12.2. The van der Waals surface area contributed by atoms with Gasteiger partial charge in [-0.25, -0.2) is 9.78 Å². The zero-order valence-corrected chi connectivity index (χ0v) is 23.7. The van der Waals surface area contributed by atoms with Crippen molar-refractivity contribution < 1.29 is 23.4 Å². The van der Waals surface area contributed by atoms with Crippen LogP contribution in [0.25, 0.3) is 22.0 Å². The number of carbonyl (C=O) groups is 1. The number of carboxylic acids is 1. The van der Waals surface area contributed by atoms with Gasteiger partial charge >= 0.3 is 5.97 Å². The van der Waals surface area contributed by atoms with Crippen molar-refractivity contribution in [1.82, 2.24) is 10.1 Å². The van der Waals surface area contributed by atoms with Crippen LogP contribution in [0.2, 0.25) is 10.0 Å². The zero-order valence-electron chi connectivity index (χ0n) is 21.4. The maximum Gasteiger partial charge on any atom is 0.354 e. The molecule has 1 unspecified atom stereocenters. The van der Waals surface area contributed by atoms with Gasteiger partial charge in [0.15, 0.2) is 0 Å². The van der Waals surface area contributed by atoms with Crippen LogP contribution >= 0.6 is 23.2 Å². The van der Waals surface area contributed by atoms with Crippen molar-refractivity contribution in [3.63, 3.8) is 0 Å². The second-order valence-electron chi connectivity index (χ2n) is 9.04. The van der Waals surface area contributed by atoms with Gasteiger partial charge in [0, 0.05) is 11.8 Å². The third-order valence-electron chi connectivity index (χ3n) is 6.32. The molecule has 10 heteroatoms. The van der Waals surface area contributed by atoms with Crippen molar-refractivity contribution in [2.45, 2.75) is 37.0 Å². The Labute approximate surface area is 243 Å². The van der Waals surface area contributed by atoms with Crippen LogP contribution in [-0.4, -0.2) is 25.4 Å². The van der Waals surface area contributed by atoms with Crippen molar-refractivity contribution >= 4 is 50.9 Å². The van der Waals surface area contributed by atoms with Gasteiger partial charge in [0.2, 0.25) is 0 Å². The Morgan fingerprint density at radius 1 is 1.00 bits per heavy atom. The first kappa shape index (κ1) is 27.8. The van der Waals surface area contributed by atoms with Crippen molar-refractivity contribution in [3.8, 4) is 16.9 Å². The van der Waals surface area contributed by atoms with Crippen LogP contribution in [0.3, 0.4) is 0 Å². The third kappa shape index (κ3) is 6.04. The first-order valence-electron chi connectivity index (χ1n) is 12.5. The van der Waals surface area contributed by atoms with Gasteiger partial charge in [-0.15, -0.1) is 0 Å². The molecule has 0 aliphatic carbocycles. The van der Waals surface area contributed by atoms with Crippen LogP contribution in [0, 0.1) is 0 Å². The van der Waals surface area contributed by atoms with Crippen molar-refractivity contribution in [3.05, 3.63) is 106 Å². The number of aryl methyl sites for hydroxylation is 1. The number of hydrogen-bond donors (Lipinski definition) is 1. The molecule has 0 bridgehead atoms.